The van der Waals surface area contributed by atoms with Gasteiger partial charge >= 0.3 is 0 Å². The van der Waals surface area contributed by atoms with Crippen molar-refractivity contribution in [1.29, 1.82) is 0 Å². The molecule has 0 radical (unpaired) electrons. The van der Waals surface area contributed by atoms with Crippen LogP contribution in [0.1, 0.15) is 31.1 Å². The monoisotopic (exact) mass is 643 g/mol. The van der Waals surface area contributed by atoms with Crippen LogP contribution < -0.4 is 15.4 Å². The number of aromatic nitrogens is 2. The van der Waals surface area contributed by atoms with Crippen LogP contribution in [0, 0.1) is 0 Å². The van der Waals surface area contributed by atoms with Crippen molar-refractivity contribution < 1.29 is 18.6 Å². The van der Waals surface area contributed by atoms with Crippen LogP contribution in [0.3, 0.4) is 0 Å². The first-order valence-electron chi connectivity index (χ1n) is 12.9. The summed E-state index contributed by atoms with van der Waals surface area (Å²) in [5.74, 6) is 2.53. The molecule has 220 valence electrons. The summed E-state index contributed by atoms with van der Waals surface area (Å²) in [5.41, 5.74) is 2.19. The van der Waals surface area contributed by atoms with E-state index in [2.05, 4.69) is 31.2 Å². The number of hydrogen-bond donors (Lipinski definition) is 3. The molecule has 0 aliphatic rings. The van der Waals surface area contributed by atoms with Crippen LogP contribution in [0.15, 0.2) is 114 Å². The average Bonchev–Trinajstić information content (AvgIpc) is 3.03. The lowest BCUT2D eigenvalue weighted by atomic mass is 10.0. The highest BCUT2D eigenvalue weighted by Crippen LogP contribution is 2.28. The Morgan fingerprint density at radius 3 is 2.11 bits per heavy atom. The molecule has 0 bridgehead atoms. The van der Waals surface area contributed by atoms with Gasteiger partial charge in [-0.2, -0.15) is 0 Å². The lowest BCUT2D eigenvalue weighted by molar-refractivity contribution is 0.0979. The Hall–Kier alpha value is -5.03. The van der Waals surface area contributed by atoms with Gasteiger partial charge in [-0.1, -0.05) is 53.5 Å². The molecule has 0 saturated heterocycles. The molecular weight excluding hydrogens is 621 g/mol. The minimum Gasteiger partial charge on any atom is -0.321 e. The van der Waals surface area contributed by atoms with Gasteiger partial charge in [0.1, 0.15) is 5.82 Å². The van der Waals surface area contributed by atoms with E-state index in [1.807, 2.05) is 0 Å². The first kappa shape index (κ1) is 30.4. The molecule has 5 rings (SSSR count). The summed E-state index contributed by atoms with van der Waals surface area (Å²) in [4.78, 5) is 47.2. The molecule has 3 aromatic carbocycles. The van der Waals surface area contributed by atoms with Crippen molar-refractivity contribution in [3.05, 3.63) is 136 Å². The van der Waals surface area contributed by atoms with Crippen molar-refractivity contribution >= 4 is 68.0 Å². The predicted octanol–water partition coefficient (Wildman–Crippen LogP) is 6.38. The molecule has 3 N–H and O–H groups in total. The molecule has 2 heterocycles. The van der Waals surface area contributed by atoms with E-state index >= 15 is 0 Å². The van der Waals surface area contributed by atoms with Gasteiger partial charge < -0.3 is 10.6 Å². The Balaban J connectivity index is 1.35. The number of carbonyl (C=O) groups excluding carboxylic acids is 3. The molecule has 0 aliphatic carbocycles. The number of hydrogen-bond acceptors (Lipinski definition) is 6. The number of anilines is 2. The Morgan fingerprint density at radius 1 is 0.727 bits per heavy atom. The van der Waals surface area contributed by atoms with Crippen LogP contribution in [0.25, 0.3) is 11.1 Å². The van der Waals surface area contributed by atoms with Crippen LogP contribution in [-0.2, 0) is 9.71 Å². The Labute approximate surface area is 263 Å². The van der Waals surface area contributed by atoms with E-state index in [0.717, 1.165) is 0 Å². The maximum atomic E-state index is 13.6. The number of amides is 3. The third-order valence-corrected chi connectivity index (χ3v) is 8.38. The molecule has 0 saturated carbocycles. The third kappa shape index (κ3) is 7.12. The van der Waals surface area contributed by atoms with Crippen LogP contribution in [0.2, 0.25) is 10.0 Å². The smallest absolute Gasteiger partial charge is 0.262 e. The van der Waals surface area contributed by atoms with Crippen molar-refractivity contribution in [2.45, 2.75) is 4.90 Å². The zero-order valence-corrected chi connectivity index (χ0v) is 25.1. The average molecular weight is 645 g/mol. The minimum absolute atomic E-state index is 0.132. The minimum atomic E-state index is -3.25. The van der Waals surface area contributed by atoms with Crippen molar-refractivity contribution in [3.8, 4) is 11.1 Å². The SMILES string of the molecule is C=S(=O)(NC(=O)c1ccncc1)c1ccccc1-c1ccc(C(=O)Nc2ccc(Cl)cc2C(=O)Nc2ccc(Cl)cn2)cc1. The molecule has 12 heteroatoms. The van der Waals surface area contributed by atoms with Crippen molar-refractivity contribution in [2.24, 2.45) is 0 Å². The molecule has 3 amide bonds. The zero-order valence-electron chi connectivity index (χ0n) is 22.8. The summed E-state index contributed by atoms with van der Waals surface area (Å²) in [6.45, 7) is 0. The van der Waals surface area contributed by atoms with E-state index in [9.17, 15) is 18.6 Å². The maximum Gasteiger partial charge on any atom is 0.262 e. The van der Waals surface area contributed by atoms with Crippen LogP contribution >= 0.6 is 23.2 Å². The fourth-order valence-electron chi connectivity index (χ4n) is 4.20. The number of pyridine rings is 2. The van der Waals surface area contributed by atoms with E-state index in [4.69, 9.17) is 23.2 Å². The Kier molecular flexibility index (Phi) is 9.05. The van der Waals surface area contributed by atoms with E-state index in [1.54, 1.807) is 66.7 Å². The summed E-state index contributed by atoms with van der Waals surface area (Å²) in [6.07, 6.45) is 4.33. The van der Waals surface area contributed by atoms with Gasteiger partial charge in [-0.15, -0.1) is 0 Å². The summed E-state index contributed by atoms with van der Waals surface area (Å²) >= 11 is 12.0. The van der Waals surface area contributed by atoms with Gasteiger partial charge in [0.05, 0.1) is 30.9 Å². The van der Waals surface area contributed by atoms with Gasteiger partial charge in [-0.25, -0.2) is 9.19 Å². The normalized spacial score (nSPS) is 12.0. The lowest BCUT2D eigenvalue weighted by Gasteiger charge is -2.16. The Bertz CT molecular complexity index is 1970. The molecule has 1 unspecified atom stereocenters. The maximum absolute atomic E-state index is 13.6. The molecule has 0 spiro atoms. The highest BCUT2D eigenvalue weighted by molar-refractivity contribution is 7.99. The number of nitrogens with one attached hydrogen (secondary N) is 3. The largest absolute Gasteiger partial charge is 0.321 e. The summed E-state index contributed by atoms with van der Waals surface area (Å²) in [5, 5.41) is 6.13. The lowest BCUT2D eigenvalue weighted by Crippen LogP contribution is -2.30. The summed E-state index contributed by atoms with van der Waals surface area (Å²) < 4.78 is 16.1. The first-order valence-corrected chi connectivity index (χ1v) is 15.4. The van der Waals surface area contributed by atoms with Crippen molar-refractivity contribution in [3.63, 3.8) is 0 Å². The molecule has 0 aliphatic heterocycles. The number of benzene rings is 3. The second kappa shape index (κ2) is 13.1. The highest BCUT2D eigenvalue weighted by atomic mass is 35.5. The van der Waals surface area contributed by atoms with Gasteiger partial charge in [0.15, 0.2) is 0 Å². The van der Waals surface area contributed by atoms with E-state index in [1.165, 1.54) is 42.9 Å². The quantitative estimate of drug-likeness (QED) is 0.168. The molecule has 9 nitrogen and oxygen atoms in total. The fourth-order valence-corrected chi connectivity index (χ4v) is 5.85. The van der Waals surface area contributed by atoms with Crippen LogP contribution in [0.4, 0.5) is 11.5 Å². The Morgan fingerprint density at radius 2 is 1.41 bits per heavy atom. The van der Waals surface area contributed by atoms with E-state index < -0.39 is 27.4 Å². The van der Waals surface area contributed by atoms with Gasteiger partial charge in [-0.05, 0) is 77.7 Å². The third-order valence-electron chi connectivity index (χ3n) is 6.34. The van der Waals surface area contributed by atoms with Crippen molar-refractivity contribution in [1.82, 2.24) is 14.7 Å². The number of nitrogens with zero attached hydrogens (tertiary/aromatic N) is 2. The molecule has 5 aromatic rings. The van der Waals surface area contributed by atoms with Gasteiger partial charge in [0.25, 0.3) is 17.7 Å². The second-order valence-electron chi connectivity index (χ2n) is 9.38. The van der Waals surface area contributed by atoms with E-state index in [0.29, 0.717) is 37.2 Å². The van der Waals surface area contributed by atoms with Crippen LogP contribution in [0.5, 0.6) is 0 Å². The second-order valence-corrected chi connectivity index (χ2v) is 12.2. The number of halogens is 2. The fraction of sp³-hybridized carbons (Fsp3) is 0. The summed E-state index contributed by atoms with van der Waals surface area (Å²) in [7, 11) is -3.25. The van der Waals surface area contributed by atoms with Crippen LogP contribution in [-0.4, -0.2) is 37.8 Å². The number of rotatable bonds is 8. The number of carbonyl (C=O) groups is 3. The van der Waals surface area contributed by atoms with E-state index in [-0.39, 0.29) is 17.1 Å². The molecule has 1 atom stereocenters. The summed E-state index contributed by atoms with van der Waals surface area (Å²) in [6, 6.07) is 24.1. The molecule has 44 heavy (non-hydrogen) atoms. The molecular formula is C32H23Cl2N5O4S. The van der Waals surface area contributed by atoms with Gasteiger partial charge in [0.2, 0.25) is 0 Å². The predicted molar refractivity (Wildman–Crippen MR) is 174 cm³/mol. The first-order chi connectivity index (χ1) is 21.1. The van der Waals surface area contributed by atoms with Crippen molar-refractivity contribution in [2.75, 3.05) is 10.6 Å². The topological polar surface area (TPSA) is 130 Å². The highest BCUT2D eigenvalue weighted by Gasteiger charge is 2.19. The standard InChI is InChI=1S/C32H23Cl2N5O4S/c1-44(43,39-31(41)22-14-16-35-17-15-22)28-5-3-2-4-25(28)20-6-8-21(9-7-20)30(40)37-27-12-10-23(33)18-26(27)32(42)38-29-13-11-24(34)19-36-29/h2-19H,1H2,(H,37,40)(H,36,38,42)(H,39,41,43). The molecule has 2 aromatic heterocycles. The van der Waals surface area contributed by atoms with Gasteiger partial charge in [-0.3, -0.25) is 24.1 Å². The molecule has 0 fully saturated rings. The zero-order chi connectivity index (χ0) is 31.3. The van der Waals surface area contributed by atoms with Gasteiger partial charge in [0, 0.05) is 34.7 Å².